The largest absolute Gasteiger partial charge is 0.460 e. The Bertz CT molecular complexity index is 2340. The van der Waals surface area contributed by atoms with E-state index in [0.29, 0.717) is 47.5 Å². The van der Waals surface area contributed by atoms with E-state index in [0.717, 1.165) is 60.2 Å². The van der Waals surface area contributed by atoms with Gasteiger partial charge in [0.15, 0.2) is 17.2 Å². The first-order chi connectivity index (χ1) is 25.6. The SMILES string of the molecule is Cc1c(-c2nc3c(F)c(F)c(CN4CCCC4)cc3[nH]2)cccc1-c1cccc(-c2nc3cc(COC(=O)[C@@H]4CCCN4)c(OC(F)F)cc3o2)c1C. The molecule has 2 aromatic heterocycles. The lowest BCUT2D eigenvalue weighted by Crippen LogP contribution is -2.32. The van der Waals surface area contributed by atoms with Crippen LogP contribution in [0.15, 0.2) is 59.0 Å². The molecule has 0 radical (unpaired) electrons. The second kappa shape index (κ2) is 14.3. The molecule has 2 saturated heterocycles. The molecule has 9 nitrogen and oxygen atoms in total. The van der Waals surface area contributed by atoms with Gasteiger partial charge in [0.1, 0.15) is 35.3 Å². The van der Waals surface area contributed by atoms with E-state index in [1.807, 2.05) is 50.2 Å². The van der Waals surface area contributed by atoms with Crippen LogP contribution in [0.1, 0.15) is 47.9 Å². The Hall–Kier alpha value is -5.27. The van der Waals surface area contributed by atoms with Crippen molar-refractivity contribution in [2.24, 2.45) is 0 Å². The molecule has 2 fully saturated rings. The Balaban J connectivity index is 1.11. The van der Waals surface area contributed by atoms with Crippen molar-refractivity contribution in [3.63, 3.8) is 0 Å². The summed E-state index contributed by atoms with van der Waals surface area (Å²) >= 11 is 0. The van der Waals surface area contributed by atoms with Crippen LogP contribution >= 0.6 is 0 Å². The van der Waals surface area contributed by atoms with Crippen LogP contribution in [0.4, 0.5) is 17.6 Å². The van der Waals surface area contributed by atoms with E-state index < -0.39 is 30.3 Å². The number of fused-ring (bicyclic) bond motifs is 2. The normalized spacial score (nSPS) is 16.4. The number of H-pyrrole nitrogens is 1. The molecule has 4 aromatic carbocycles. The van der Waals surface area contributed by atoms with Crippen molar-refractivity contribution in [3.05, 3.63) is 88.5 Å². The van der Waals surface area contributed by atoms with Crippen molar-refractivity contribution >= 4 is 28.1 Å². The fraction of sp³-hybridized carbons (Fsp3) is 0.325. The molecular weight excluding hydrogens is 690 g/mol. The van der Waals surface area contributed by atoms with Crippen LogP contribution in [0.2, 0.25) is 0 Å². The van der Waals surface area contributed by atoms with E-state index in [9.17, 15) is 13.6 Å². The fourth-order valence-corrected chi connectivity index (χ4v) is 7.48. The quantitative estimate of drug-likeness (QED) is 0.107. The Labute approximate surface area is 302 Å². The second-order valence-electron chi connectivity index (χ2n) is 13.7. The minimum atomic E-state index is -3.10. The Kier molecular flexibility index (Phi) is 9.37. The van der Waals surface area contributed by atoms with Crippen LogP contribution in [0.25, 0.3) is 56.1 Å². The third-order valence-corrected chi connectivity index (χ3v) is 10.3. The van der Waals surface area contributed by atoms with E-state index in [2.05, 4.69) is 25.2 Å². The highest BCUT2D eigenvalue weighted by Gasteiger charge is 2.26. The number of ether oxygens (including phenoxy) is 2. The third-order valence-electron chi connectivity index (χ3n) is 10.3. The number of nitrogens with zero attached hydrogens (tertiary/aromatic N) is 3. The number of oxazole rings is 1. The number of carbonyl (C=O) groups is 1. The molecule has 4 heterocycles. The van der Waals surface area contributed by atoms with Gasteiger partial charge in [-0.25, -0.2) is 18.7 Å². The number of aromatic nitrogens is 3. The maximum Gasteiger partial charge on any atom is 0.387 e. The Morgan fingerprint density at radius 1 is 0.925 bits per heavy atom. The molecule has 274 valence electrons. The number of rotatable bonds is 10. The van der Waals surface area contributed by atoms with Gasteiger partial charge < -0.3 is 24.2 Å². The van der Waals surface area contributed by atoms with Gasteiger partial charge in [-0.05, 0) is 99.6 Å². The number of imidazole rings is 1. The molecule has 6 aromatic rings. The number of hydrogen-bond donors (Lipinski definition) is 2. The van der Waals surface area contributed by atoms with Crippen LogP contribution in [-0.4, -0.2) is 58.1 Å². The first kappa shape index (κ1) is 34.8. The zero-order chi connectivity index (χ0) is 36.8. The van der Waals surface area contributed by atoms with E-state index in [1.54, 1.807) is 6.07 Å². The summed E-state index contributed by atoms with van der Waals surface area (Å²) < 4.78 is 73.5. The van der Waals surface area contributed by atoms with Crippen molar-refractivity contribution in [1.29, 1.82) is 0 Å². The lowest BCUT2D eigenvalue weighted by Gasteiger charge is -2.15. The van der Waals surface area contributed by atoms with Gasteiger partial charge >= 0.3 is 12.6 Å². The van der Waals surface area contributed by atoms with Gasteiger partial charge in [0.05, 0.1) is 5.52 Å². The first-order valence-corrected chi connectivity index (χ1v) is 17.7. The summed E-state index contributed by atoms with van der Waals surface area (Å²) in [6.07, 6.45) is 3.59. The summed E-state index contributed by atoms with van der Waals surface area (Å²) in [5.74, 6) is -1.77. The average Bonchev–Trinajstić information content (AvgIpc) is 3.97. The maximum absolute atomic E-state index is 15.3. The van der Waals surface area contributed by atoms with Gasteiger partial charge in [0.2, 0.25) is 5.89 Å². The summed E-state index contributed by atoms with van der Waals surface area (Å²) in [4.78, 5) is 27.0. The van der Waals surface area contributed by atoms with Gasteiger partial charge in [-0.1, -0.05) is 30.3 Å². The van der Waals surface area contributed by atoms with Crippen molar-refractivity contribution in [2.75, 3.05) is 19.6 Å². The lowest BCUT2D eigenvalue weighted by molar-refractivity contribution is -0.147. The molecule has 0 bridgehead atoms. The molecule has 1 atom stereocenters. The van der Waals surface area contributed by atoms with Gasteiger partial charge in [-0.2, -0.15) is 8.78 Å². The number of halogens is 4. The molecule has 0 aliphatic carbocycles. The number of benzene rings is 4. The Morgan fingerprint density at radius 2 is 1.64 bits per heavy atom. The maximum atomic E-state index is 15.3. The zero-order valence-corrected chi connectivity index (χ0v) is 29.2. The van der Waals surface area contributed by atoms with Crippen LogP contribution in [0.5, 0.6) is 5.75 Å². The third kappa shape index (κ3) is 6.75. The first-order valence-electron chi connectivity index (χ1n) is 17.7. The topological polar surface area (TPSA) is 106 Å². The predicted molar refractivity (Wildman–Crippen MR) is 191 cm³/mol. The van der Waals surface area contributed by atoms with Crippen LogP contribution in [-0.2, 0) is 22.7 Å². The second-order valence-corrected chi connectivity index (χ2v) is 13.7. The average molecular weight is 728 g/mol. The molecule has 2 aliphatic rings. The predicted octanol–water partition coefficient (Wildman–Crippen LogP) is 8.59. The fourth-order valence-electron chi connectivity index (χ4n) is 7.48. The van der Waals surface area contributed by atoms with Gasteiger partial charge in [0, 0.05) is 34.9 Å². The molecule has 2 N–H and O–H groups in total. The molecule has 2 aliphatic heterocycles. The monoisotopic (exact) mass is 727 g/mol. The molecule has 0 amide bonds. The number of alkyl halides is 2. The minimum absolute atomic E-state index is 0.0455. The zero-order valence-electron chi connectivity index (χ0n) is 29.2. The number of likely N-dealkylation sites (tertiary alicyclic amines) is 1. The van der Waals surface area contributed by atoms with Crippen molar-refractivity contribution in [3.8, 4) is 39.7 Å². The standard InChI is InChI=1S/C40H37F4N5O4/c1-21-25(8-5-10-27(21)37-46-31-16-23(19-49-14-3-4-15-49)34(41)35(42)36(31)48-37)26-9-6-11-28(22(26)2)38-47-30-17-24(20-51-39(50)29-12-7-13-45-29)32(53-40(43)44)18-33(30)52-38/h5-6,8-11,16-18,29,40,45H,3-4,7,12-15,19-20H2,1-2H3,(H,46,48)/t29-/m0/s1. The highest BCUT2D eigenvalue weighted by molar-refractivity contribution is 5.86. The molecular formula is C40H37F4N5O4. The number of carbonyl (C=O) groups excluding carboxylic acids is 1. The van der Waals surface area contributed by atoms with Gasteiger partial charge in [-0.3, -0.25) is 9.69 Å². The summed E-state index contributed by atoms with van der Waals surface area (Å²) in [5, 5.41) is 3.06. The summed E-state index contributed by atoms with van der Waals surface area (Å²) in [6, 6.07) is 15.5. The lowest BCUT2D eigenvalue weighted by atomic mass is 9.91. The molecule has 8 rings (SSSR count). The van der Waals surface area contributed by atoms with Crippen molar-refractivity contribution < 1.29 is 36.2 Å². The molecule has 0 spiro atoms. The highest BCUT2D eigenvalue weighted by atomic mass is 19.3. The smallest absolute Gasteiger partial charge is 0.387 e. The highest BCUT2D eigenvalue weighted by Crippen LogP contribution is 2.39. The van der Waals surface area contributed by atoms with Crippen LogP contribution in [0.3, 0.4) is 0 Å². The summed E-state index contributed by atoms with van der Waals surface area (Å²) in [5.41, 5.74) is 6.40. The van der Waals surface area contributed by atoms with Gasteiger partial charge in [0.25, 0.3) is 0 Å². The molecule has 0 unspecified atom stereocenters. The summed E-state index contributed by atoms with van der Waals surface area (Å²) in [6.45, 7) is 3.29. The molecule has 53 heavy (non-hydrogen) atoms. The van der Waals surface area contributed by atoms with Gasteiger partial charge in [-0.15, -0.1) is 0 Å². The summed E-state index contributed by atoms with van der Waals surface area (Å²) in [7, 11) is 0. The van der Waals surface area contributed by atoms with Crippen molar-refractivity contribution in [1.82, 2.24) is 25.2 Å². The van der Waals surface area contributed by atoms with E-state index >= 15 is 8.78 Å². The molecule has 0 saturated carbocycles. The Morgan fingerprint density at radius 3 is 2.36 bits per heavy atom. The van der Waals surface area contributed by atoms with Crippen molar-refractivity contribution in [2.45, 2.75) is 65.3 Å². The van der Waals surface area contributed by atoms with E-state index in [4.69, 9.17) is 13.9 Å². The van der Waals surface area contributed by atoms with E-state index in [-0.39, 0.29) is 34.9 Å². The van der Waals surface area contributed by atoms with E-state index in [1.165, 1.54) is 12.1 Å². The van der Waals surface area contributed by atoms with Crippen LogP contribution < -0.4 is 10.1 Å². The number of esters is 1. The number of hydrogen-bond acceptors (Lipinski definition) is 8. The number of aromatic amines is 1. The minimum Gasteiger partial charge on any atom is -0.460 e. The van der Waals surface area contributed by atoms with Crippen LogP contribution in [0, 0.1) is 25.5 Å². The molecule has 13 heteroatoms. The number of nitrogens with one attached hydrogen (secondary N) is 2.